The minimum absolute atomic E-state index is 0.116. The largest absolute Gasteiger partial charge is 0.322 e. The Bertz CT molecular complexity index is 1440. The first-order chi connectivity index (χ1) is 16.4. The van der Waals surface area contributed by atoms with E-state index in [9.17, 15) is 18.0 Å². The summed E-state index contributed by atoms with van der Waals surface area (Å²) in [4.78, 5) is 21.8. The van der Waals surface area contributed by atoms with E-state index < -0.39 is 17.7 Å². The molecular formula is C27H18F3N3O. The van der Waals surface area contributed by atoms with Gasteiger partial charge in [0.05, 0.1) is 5.71 Å². The lowest BCUT2D eigenvalue weighted by Gasteiger charge is -2.20. The van der Waals surface area contributed by atoms with Crippen LogP contribution in [0.15, 0.2) is 82.9 Å². The van der Waals surface area contributed by atoms with E-state index in [2.05, 4.69) is 15.3 Å². The summed E-state index contributed by atoms with van der Waals surface area (Å²) in [7, 11) is 0. The van der Waals surface area contributed by atoms with E-state index in [0.717, 1.165) is 22.8 Å². The van der Waals surface area contributed by atoms with Gasteiger partial charge in [0.2, 0.25) is 0 Å². The van der Waals surface area contributed by atoms with Crippen molar-refractivity contribution in [3.63, 3.8) is 0 Å². The molecule has 34 heavy (non-hydrogen) atoms. The molecular weight excluding hydrogens is 439 g/mol. The number of carbonyl (C=O) groups is 1. The van der Waals surface area contributed by atoms with Crippen LogP contribution in [0.5, 0.6) is 0 Å². The molecule has 5 rings (SSSR count). The monoisotopic (exact) mass is 457 g/mol. The topological polar surface area (TPSA) is 53.8 Å². The number of hydrogen-bond acceptors (Lipinski definition) is 3. The van der Waals surface area contributed by atoms with Gasteiger partial charge in [-0.2, -0.15) is 0 Å². The predicted octanol–water partition coefficient (Wildman–Crippen LogP) is 6.00. The van der Waals surface area contributed by atoms with Gasteiger partial charge in [0.15, 0.2) is 11.6 Å². The van der Waals surface area contributed by atoms with Gasteiger partial charge < -0.3 is 5.32 Å². The number of rotatable bonds is 4. The molecule has 1 amide bonds. The van der Waals surface area contributed by atoms with E-state index in [1.54, 1.807) is 18.4 Å². The molecule has 2 aliphatic heterocycles. The van der Waals surface area contributed by atoms with E-state index in [4.69, 9.17) is 0 Å². The fraction of sp³-hybridized carbons (Fsp3) is 0.0741. The lowest BCUT2D eigenvalue weighted by Crippen LogP contribution is -2.22. The zero-order valence-electron chi connectivity index (χ0n) is 18.0. The number of nitrogens with zero attached hydrogens (tertiary/aromatic N) is 2. The SMILES string of the molecule is Cc1ccc(C2=CC=NC3C(c4cccc(F)c4F)=CN=C23)cc1C(=O)Nc1ccc(F)cc1. The molecule has 2 aliphatic rings. The summed E-state index contributed by atoms with van der Waals surface area (Å²) in [6.45, 7) is 1.82. The molecule has 0 aliphatic carbocycles. The number of allylic oxidation sites excluding steroid dienone is 1. The Kier molecular flexibility index (Phi) is 5.45. The lowest BCUT2D eigenvalue weighted by atomic mass is 9.88. The molecule has 1 atom stereocenters. The zero-order valence-corrected chi connectivity index (χ0v) is 18.0. The highest BCUT2D eigenvalue weighted by molar-refractivity contribution is 6.34. The van der Waals surface area contributed by atoms with Gasteiger partial charge in [-0.3, -0.25) is 14.8 Å². The van der Waals surface area contributed by atoms with Crippen LogP contribution in [0.25, 0.3) is 11.1 Å². The van der Waals surface area contributed by atoms with E-state index >= 15 is 0 Å². The van der Waals surface area contributed by atoms with Crippen molar-refractivity contribution in [2.75, 3.05) is 5.32 Å². The molecule has 1 N–H and O–H groups in total. The highest BCUT2D eigenvalue weighted by atomic mass is 19.2. The van der Waals surface area contributed by atoms with Gasteiger partial charge in [-0.25, -0.2) is 13.2 Å². The second kappa shape index (κ2) is 8.59. The Morgan fingerprint density at radius 3 is 2.59 bits per heavy atom. The maximum Gasteiger partial charge on any atom is 0.255 e. The van der Waals surface area contributed by atoms with Crippen molar-refractivity contribution in [1.29, 1.82) is 0 Å². The molecule has 0 bridgehead atoms. The van der Waals surface area contributed by atoms with Crippen molar-refractivity contribution in [2.45, 2.75) is 13.0 Å². The number of aliphatic imine (C=N–C) groups is 2. The van der Waals surface area contributed by atoms with Crippen molar-refractivity contribution in [2.24, 2.45) is 9.98 Å². The Morgan fingerprint density at radius 1 is 1.00 bits per heavy atom. The number of benzene rings is 3. The zero-order chi connectivity index (χ0) is 23.8. The summed E-state index contributed by atoms with van der Waals surface area (Å²) in [5, 5.41) is 2.77. The van der Waals surface area contributed by atoms with Crippen LogP contribution < -0.4 is 5.32 Å². The summed E-state index contributed by atoms with van der Waals surface area (Å²) >= 11 is 0. The van der Waals surface area contributed by atoms with Crippen molar-refractivity contribution < 1.29 is 18.0 Å². The Labute approximate surface area is 193 Å². The van der Waals surface area contributed by atoms with Crippen LogP contribution in [0.4, 0.5) is 18.9 Å². The van der Waals surface area contributed by atoms with Gasteiger partial charge >= 0.3 is 0 Å². The summed E-state index contributed by atoms with van der Waals surface area (Å²) in [6.07, 6.45) is 4.89. The molecule has 0 fully saturated rings. The van der Waals surface area contributed by atoms with Crippen molar-refractivity contribution in [3.8, 4) is 0 Å². The number of carbonyl (C=O) groups excluding carboxylic acids is 1. The van der Waals surface area contributed by atoms with Gasteiger partial charge in [-0.05, 0) is 60.5 Å². The first-order valence-corrected chi connectivity index (χ1v) is 10.6. The number of anilines is 1. The van der Waals surface area contributed by atoms with Crippen molar-refractivity contribution >= 4 is 34.7 Å². The minimum Gasteiger partial charge on any atom is -0.322 e. The third-order valence-corrected chi connectivity index (χ3v) is 5.81. The second-order valence-electron chi connectivity index (χ2n) is 7.97. The Morgan fingerprint density at radius 2 is 1.79 bits per heavy atom. The maximum absolute atomic E-state index is 14.4. The Hall–Kier alpha value is -4.26. The third kappa shape index (κ3) is 3.85. The first-order valence-electron chi connectivity index (χ1n) is 10.6. The molecule has 0 aromatic heterocycles. The van der Waals surface area contributed by atoms with Crippen LogP contribution >= 0.6 is 0 Å². The van der Waals surface area contributed by atoms with Crippen LogP contribution in [-0.4, -0.2) is 23.9 Å². The number of halogens is 3. The number of amides is 1. The number of dihydropyridines is 1. The third-order valence-electron chi connectivity index (χ3n) is 5.81. The number of aryl methyl sites for hydroxylation is 1. The van der Waals surface area contributed by atoms with E-state index in [1.165, 1.54) is 42.6 Å². The molecule has 1 unspecified atom stereocenters. The highest BCUT2D eigenvalue weighted by Crippen LogP contribution is 2.35. The van der Waals surface area contributed by atoms with Gasteiger partial charge in [-0.15, -0.1) is 0 Å². The molecule has 0 saturated carbocycles. The first kappa shape index (κ1) is 21.6. The number of fused-ring (bicyclic) bond motifs is 1. The lowest BCUT2D eigenvalue weighted by molar-refractivity contribution is 0.102. The van der Waals surface area contributed by atoms with Gasteiger partial charge in [0, 0.05) is 40.4 Å². The van der Waals surface area contributed by atoms with Crippen LogP contribution in [0.1, 0.15) is 27.0 Å². The second-order valence-corrected chi connectivity index (χ2v) is 7.97. The van der Waals surface area contributed by atoms with Crippen LogP contribution in [0.2, 0.25) is 0 Å². The predicted molar refractivity (Wildman–Crippen MR) is 128 cm³/mol. The quantitative estimate of drug-likeness (QED) is 0.514. The highest BCUT2D eigenvalue weighted by Gasteiger charge is 2.32. The van der Waals surface area contributed by atoms with Gasteiger partial charge in [0.25, 0.3) is 5.91 Å². The van der Waals surface area contributed by atoms with E-state index in [0.29, 0.717) is 22.5 Å². The number of nitrogens with one attached hydrogen (secondary N) is 1. The average Bonchev–Trinajstić information content (AvgIpc) is 3.27. The summed E-state index contributed by atoms with van der Waals surface area (Å²) in [6, 6.07) is 14.4. The molecule has 168 valence electrons. The molecule has 0 radical (unpaired) electrons. The average molecular weight is 457 g/mol. The summed E-state index contributed by atoms with van der Waals surface area (Å²) in [5.74, 6) is -2.59. The molecule has 0 saturated heterocycles. The smallest absolute Gasteiger partial charge is 0.255 e. The molecule has 4 nitrogen and oxygen atoms in total. The summed E-state index contributed by atoms with van der Waals surface area (Å²) in [5.41, 5.74) is 4.34. The van der Waals surface area contributed by atoms with Crippen molar-refractivity contribution in [1.82, 2.24) is 0 Å². The molecule has 7 heteroatoms. The van der Waals surface area contributed by atoms with Crippen LogP contribution in [-0.2, 0) is 0 Å². The van der Waals surface area contributed by atoms with Crippen LogP contribution in [0, 0.1) is 24.4 Å². The van der Waals surface area contributed by atoms with Gasteiger partial charge in [0.1, 0.15) is 11.9 Å². The summed E-state index contributed by atoms with van der Waals surface area (Å²) < 4.78 is 41.4. The standard InChI is InChI=1S/C27H18F3N3O/c1-15-5-6-16(13-21(15)27(34)33-18-9-7-17(28)8-10-18)19-11-12-31-26-22(14-32-25(19)26)20-3-2-4-23(29)24(20)30/h2-14,26H,1H3,(H,33,34). The van der Waals surface area contributed by atoms with Crippen molar-refractivity contribution in [3.05, 3.63) is 113 Å². The molecule has 2 heterocycles. The minimum atomic E-state index is -0.938. The molecule has 0 spiro atoms. The fourth-order valence-electron chi connectivity index (χ4n) is 4.04. The van der Waals surface area contributed by atoms with E-state index in [1.807, 2.05) is 19.1 Å². The fourth-order valence-corrected chi connectivity index (χ4v) is 4.04. The van der Waals surface area contributed by atoms with Gasteiger partial charge in [-0.1, -0.05) is 24.3 Å². The Balaban J connectivity index is 1.43. The normalized spacial score (nSPS) is 16.5. The maximum atomic E-state index is 14.4. The van der Waals surface area contributed by atoms with E-state index in [-0.39, 0.29) is 17.3 Å². The molecule has 3 aromatic rings. The molecule has 3 aromatic carbocycles. The number of hydrogen-bond donors (Lipinski definition) is 1. The van der Waals surface area contributed by atoms with Crippen LogP contribution in [0.3, 0.4) is 0 Å².